The molecule has 0 saturated carbocycles. The van der Waals surface area contributed by atoms with Crippen molar-refractivity contribution in [2.24, 2.45) is 0 Å². The summed E-state index contributed by atoms with van der Waals surface area (Å²) in [5.41, 5.74) is -0.0513. The summed E-state index contributed by atoms with van der Waals surface area (Å²) in [6.45, 7) is 1.65. The first-order valence-corrected chi connectivity index (χ1v) is 7.16. The maximum absolute atomic E-state index is 13.1. The smallest absolute Gasteiger partial charge is 0.380 e. The van der Waals surface area contributed by atoms with Crippen molar-refractivity contribution in [3.8, 4) is 0 Å². The predicted molar refractivity (Wildman–Crippen MR) is 81.5 cm³/mol. The van der Waals surface area contributed by atoms with Gasteiger partial charge in [-0.2, -0.15) is 13.2 Å². The van der Waals surface area contributed by atoms with Crippen LogP contribution in [0.3, 0.4) is 0 Å². The number of rotatable bonds is 5. The van der Waals surface area contributed by atoms with E-state index in [-0.39, 0.29) is 23.4 Å². The molecule has 5 nitrogen and oxygen atoms in total. The zero-order valence-corrected chi connectivity index (χ0v) is 13.1. The summed E-state index contributed by atoms with van der Waals surface area (Å²) in [6.07, 6.45) is -1.38. The Morgan fingerprint density at radius 3 is 2.71 bits per heavy atom. The molecule has 1 aromatic heterocycles. The second-order valence-electron chi connectivity index (χ2n) is 4.99. The van der Waals surface area contributed by atoms with Gasteiger partial charge in [0.05, 0.1) is 23.4 Å². The number of amides is 1. The van der Waals surface area contributed by atoms with Crippen molar-refractivity contribution >= 4 is 11.6 Å². The Morgan fingerprint density at radius 1 is 1.33 bits per heavy atom. The summed E-state index contributed by atoms with van der Waals surface area (Å²) in [5, 5.41) is 2.45. The van der Waals surface area contributed by atoms with Crippen molar-refractivity contribution in [3.63, 3.8) is 0 Å². The van der Waals surface area contributed by atoms with Gasteiger partial charge in [0.25, 0.3) is 5.91 Å². The molecule has 2 rings (SSSR count). The summed E-state index contributed by atoms with van der Waals surface area (Å²) in [5.74, 6) is -0.555. The van der Waals surface area contributed by atoms with E-state index >= 15 is 0 Å². The van der Waals surface area contributed by atoms with Crippen molar-refractivity contribution in [2.45, 2.75) is 26.1 Å². The van der Waals surface area contributed by atoms with Gasteiger partial charge in [-0.05, 0) is 24.1 Å². The molecule has 0 aliphatic rings. The number of ether oxygens (including phenoxy) is 1. The van der Waals surface area contributed by atoms with Crippen LogP contribution in [0.5, 0.6) is 0 Å². The number of nitrogens with one attached hydrogen (secondary N) is 1. The first-order chi connectivity index (χ1) is 11.4. The van der Waals surface area contributed by atoms with E-state index in [0.29, 0.717) is 12.1 Å². The zero-order valence-electron chi connectivity index (χ0n) is 13.1. The molecular weight excluding hydrogens is 323 g/mol. The molecule has 0 saturated heterocycles. The van der Waals surface area contributed by atoms with Gasteiger partial charge in [-0.1, -0.05) is 13.0 Å². The Bertz CT molecular complexity index is 733. The third kappa shape index (κ3) is 4.08. The van der Waals surface area contributed by atoms with E-state index in [0.717, 1.165) is 6.07 Å². The van der Waals surface area contributed by atoms with E-state index < -0.39 is 17.6 Å². The lowest BCUT2D eigenvalue weighted by Gasteiger charge is -2.15. The van der Waals surface area contributed by atoms with Crippen LogP contribution in [-0.2, 0) is 23.9 Å². The van der Waals surface area contributed by atoms with Gasteiger partial charge < -0.3 is 10.1 Å². The van der Waals surface area contributed by atoms with Crippen LogP contribution in [0.2, 0.25) is 0 Å². The summed E-state index contributed by atoms with van der Waals surface area (Å²) in [7, 11) is 1.32. The lowest BCUT2D eigenvalue weighted by molar-refractivity contribution is -0.138. The highest BCUT2D eigenvalue weighted by Gasteiger charge is 2.33. The molecule has 0 unspecified atom stereocenters. The van der Waals surface area contributed by atoms with Crippen molar-refractivity contribution in [1.29, 1.82) is 0 Å². The molecule has 1 amide bonds. The summed E-state index contributed by atoms with van der Waals surface area (Å²) in [6, 6.07) is 3.57. The van der Waals surface area contributed by atoms with Gasteiger partial charge in [-0.25, -0.2) is 9.97 Å². The fourth-order valence-electron chi connectivity index (χ4n) is 2.22. The number of halogens is 3. The third-order valence-corrected chi connectivity index (χ3v) is 3.35. The molecule has 0 fully saturated rings. The number of aromatic nitrogens is 2. The average molecular weight is 339 g/mol. The molecule has 0 bridgehead atoms. The Hall–Kier alpha value is -2.48. The standard InChI is InChI=1S/C16H16F3N3O2/c1-3-14-12(7-20-9-21-14)15(23)22-11-5-4-10(8-24-2)13(6-11)16(17,18)19/h4-7,9H,3,8H2,1-2H3,(H,22,23). The van der Waals surface area contributed by atoms with Gasteiger partial charge in [-0.3, -0.25) is 4.79 Å². The molecule has 0 aliphatic heterocycles. The first kappa shape index (κ1) is 17.9. The quantitative estimate of drug-likeness (QED) is 0.906. The SMILES string of the molecule is CCc1ncncc1C(=O)Nc1ccc(COC)c(C(F)(F)F)c1. The van der Waals surface area contributed by atoms with Crippen molar-refractivity contribution in [2.75, 3.05) is 12.4 Å². The van der Waals surface area contributed by atoms with E-state index in [4.69, 9.17) is 4.74 Å². The second-order valence-corrected chi connectivity index (χ2v) is 4.99. The fraction of sp³-hybridized carbons (Fsp3) is 0.312. The van der Waals surface area contributed by atoms with Gasteiger partial charge in [0.1, 0.15) is 6.33 Å². The summed E-state index contributed by atoms with van der Waals surface area (Å²) < 4.78 is 44.2. The molecule has 0 radical (unpaired) electrons. The van der Waals surface area contributed by atoms with E-state index in [1.54, 1.807) is 0 Å². The van der Waals surface area contributed by atoms with Gasteiger partial charge >= 0.3 is 6.18 Å². The molecule has 0 atom stereocenters. The maximum atomic E-state index is 13.1. The normalized spacial score (nSPS) is 11.4. The Morgan fingerprint density at radius 2 is 2.08 bits per heavy atom. The van der Waals surface area contributed by atoms with Crippen LogP contribution >= 0.6 is 0 Å². The molecule has 8 heteroatoms. The van der Waals surface area contributed by atoms with Crippen LogP contribution in [0.25, 0.3) is 0 Å². The highest BCUT2D eigenvalue weighted by atomic mass is 19.4. The van der Waals surface area contributed by atoms with Gasteiger partial charge in [0.2, 0.25) is 0 Å². The molecule has 2 aromatic rings. The average Bonchev–Trinajstić information content (AvgIpc) is 2.55. The highest BCUT2D eigenvalue weighted by Crippen LogP contribution is 2.34. The fourth-order valence-corrected chi connectivity index (χ4v) is 2.22. The number of nitrogens with zero attached hydrogens (tertiary/aromatic N) is 2. The molecule has 1 N–H and O–H groups in total. The number of carbonyl (C=O) groups excluding carboxylic acids is 1. The first-order valence-electron chi connectivity index (χ1n) is 7.16. The number of methoxy groups -OCH3 is 1. The summed E-state index contributed by atoms with van der Waals surface area (Å²) >= 11 is 0. The van der Waals surface area contributed by atoms with E-state index in [2.05, 4.69) is 15.3 Å². The minimum Gasteiger partial charge on any atom is -0.380 e. The maximum Gasteiger partial charge on any atom is 0.416 e. The number of hydrogen-bond acceptors (Lipinski definition) is 4. The monoisotopic (exact) mass is 339 g/mol. The molecule has 0 aliphatic carbocycles. The number of hydrogen-bond donors (Lipinski definition) is 1. The van der Waals surface area contributed by atoms with Gasteiger partial charge in [-0.15, -0.1) is 0 Å². The van der Waals surface area contributed by atoms with Crippen LogP contribution in [0.4, 0.5) is 18.9 Å². The van der Waals surface area contributed by atoms with Crippen LogP contribution in [0, 0.1) is 0 Å². The molecular formula is C16H16F3N3O2. The predicted octanol–water partition coefficient (Wildman–Crippen LogP) is 3.46. The van der Waals surface area contributed by atoms with Gasteiger partial charge in [0.15, 0.2) is 0 Å². The molecule has 0 spiro atoms. The minimum atomic E-state index is -4.54. The molecule has 1 aromatic carbocycles. The lowest BCUT2D eigenvalue weighted by atomic mass is 10.1. The topological polar surface area (TPSA) is 64.1 Å². The van der Waals surface area contributed by atoms with Crippen molar-refractivity contribution in [1.82, 2.24) is 9.97 Å². The Labute approximate surface area is 136 Å². The molecule has 24 heavy (non-hydrogen) atoms. The highest BCUT2D eigenvalue weighted by molar-refractivity contribution is 6.04. The zero-order chi connectivity index (χ0) is 17.7. The molecule has 1 heterocycles. The molecule has 128 valence electrons. The van der Waals surface area contributed by atoms with Crippen LogP contribution in [0.15, 0.2) is 30.7 Å². The number of carbonyl (C=O) groups is 1. The summed E-state index contributed by atoms with van der Waals surface area (Å²) in [4.78, 5) is 20.0. The van der Waals surface area contributed by atoms with Crippen LogP contribution in [0.1, 0.15) is 34.1 Å². The Balaban J connectivity index is 2.31. The van der Waals surface area contributed by atoms with Crippen LogP contribution in [-0.4, -0.2) is 23.0 Å². The lowest BCUT2D eigenvalue weighted by Crippen LogP contribution is -2.17. The number of benzene rings is 1. The van der Waals surface area contributed by atoms with Crippen LogP contribution < -0.4 is 5.32 Å². The minimum absolute atomic E-state index is 0.000269. The third-order valence-electron chi connectivity index (χ3n) is 3.35. The van der Waals surface area contributed by atoms with Crippen molar-refractivity contribution in [3.05, 3.63) is 53.1 Å². The van der Waals surface area contributed by atoms with E-state index in [1.807, 2.05) is 6.92 Å². The van der Waals surface area contributed by atoms with E-state index in [1.165, 1.54) is 31.8 Å². The second kappa shape index (κ2) is 7.39. The Kier molecular flexibility index (Phi) is 5.50. The van der Waals surface area contributed by atoms with Gasteiger partial charge in [0, 0.05) is 19.0 Å². The number of alkyl halides is 3. The number of aryl methyl sites for hydroxylation is 1. The number of anilines is 1. The van der Waals surface area contributed by atoms with Crippen molar-refractivity contribution < 1.29 is 22.7 Å². The van der Waals surface area contributed by atoms with E-state index in [9.17, 15) is 18.0 Å². The largest absolute Gasteiger partial charge is 0.416 e.